The van der Waals surface area contributed by atoms with Crippen molar-refractivity contribution in [2.24, 2.45) is 14.1 Å². The van der Waals surface area contributed by atoms with E-state index in [9.17, 15) is 19.5 Å². The summed E-state index contributed by atoms with van der Waals surface area (Å²) in [4.78, 5) is 35.9. The minimum absolute atomic E-state index is 0.310. The zero-order valence-corrected chi connectivity index (χ0v) is 13.6. The van der Waals surface area contributed by atoms with Gasteiger partial charge >= 0.3 is 5.69 Å². The Labute approximate surface area is 137 Å². The van der Waals surface area contributed by atoms with Gasteiger partial charge in [-0.1, -0.05) is 29.8 Å². The summed E-state index contributed by atoms with van der Waals surface area (Å²) in [6, 6.07) is 7.40. The third-order valence-corrected chi connectivity index (χ3v) is 4.14. The Morgan fingerprint density at radius 1 is 1.08 bits per heavy atom. The van der Waals surface area contributed by atoms with Gasteiger partial charge in [0.05, 0.1) is 29.1 Å². The van der Waals surface area contributed by atoms with Crippen molar-refractivity contribution in [1.29, 1.82) is 0 Å². The quantitative estimate of drug-likeness (QED) is 0.665. The lowest BCUT2D eigenvalue weighted by atomic mass is 10.1. The number of hydrogen-bond acceptors (Lipinski definition) is 4. The van der Waals surface area contributed by atoms with Gasteiger partial charge in [0.1, 0.15) is 0 Å². The molecule has 0 aliphatic rings. The highest BCUT2D eigenvalue weighted by Gasteiger charge is 2.19. The average Bonchev–Trinajstić information content (AvgIpc) is 2.90. The summed E-state index contributed by atoms with van der Waals surface area (Å²) in [5.74, 6) is -1.27. The summed E-state index contributed by atoms with van der Waals surface area (Å²) in [5.41, 5.74) is 1.67. The van der Waals surface area contributed by atoms with Crippen LogP contribution in [0.5, 0.6) is 0 Å². The molecule has 2 heterocycles. The van der Waals surface area contributed by atoms with Crippen molar-refractivity contribution >= 4 is 16.9 Å². The van der Waals surface area contributed by atoms with E-state index in [-0.39, 0.29) is 0 Å². The molecular formula is C17H16N3O4-. The lowest BCUT2D eigenvalue weighted by Crippen LogP contribution is -2.36. The smallest absolute Gasteiger partial charge is 0.330 e. The van der Waals surface area contributed by atoms with Crippen molar-refractivity contribution in [2.75, 3.05) is 0 Å². The van der Waals surface area contributed by atoms with E-state index in [1.807, 2.05) is 31.2 Å². The normalized spacial score (nSPS) is 11.1. The van der Waals surface area contributed by atoms with Crippen molar-refractivity contribution < 1.29 is 9.90 Å². The molecule has 0 saturated carbocycles. The number of nitrogens with zero attached hydrogens (tertiary/aromatic N) is 3. The summed E-state index contributed by atoms with van der Waals surface area (Å²) in [5, 5.41) is 11.4. The molecule has 1 aromatic carbocycles. The molecule has 0 radical (unpaired) electrons. The van der Waals surface area contributed by atoms with Crippen LogP contribution in [0, 0.1) is 6.92 Å². The molecule has 24 heavy (non-hydrogen) atoms. The molecule has 0 N–H and O–H groups in total. The van der Waals surface area contributed by atoms with Crippen LogP contribution in [0.1, 0.15) is 5.56 Å². The van der Waals surface area contributed by atoms with Crippen LogP contribution < -0.4 is 16.4 Å². The number of aromatic nitrogens is 3. The molecular weight excluding hydrogens is 310 g/mol. The average molecular weight is 326 g/mol. The van der Waals surface area contributed by atoms with Gasteiger partial charge < -0.3 is 14.5 Å². The molecule has 3 aromatic rings. The van der Waals surface area contributed by atoms with Gasteiger partial charge in [-0.2, -0.15) is 0 Å². The Hall–Kier alpha value is -3.09. The summed E-state index contributed by atoms with van der Waals surface area (Å²) in [6.45, 7) is 1.53. The van der Waals surface area contributed by atoms with Crippen LogP contribution in [0.2, 0.25) is 0 Å². The lowest BCUT2D eigenvalue weighted by Gasteiger charge is -2.10. The number of aliphatic carboxylic acids is 1. The third kappa shape index (κ3) is 2.34. The van der Waals surface area contributed by atoms with Crippen LogP contribution in [0.3, 0.4) is 0 Å². The van der Waals surface area contributed by atoms with Gasteiger partial charge in [-0.15, -0.1) is 0 Å². The Morgan fingerprint density at radius 2 is 1.71 bits per heavy atom. The zero-order valence-electron chi connectivity index (χ0n) is 13.6. The van der Waals surface area contributed by atoms with Gasteiger partial charge in [0.15, 0.2) is 0 Å². The number of carbonyl (C=O) groups is 1. The fraction of sp³-hybridized carbons (Fsp3) is 0.235. The lowest BCUT2D eigenvalue weighted by molar-refractivity contribution is -0.306. The van der Waals surface area contributed by atoms with Gasteiger partial charge in [0.2, 0.25) is 0 Å². The Kier molecular flexibility index (Phi) is 3.63. The van der Waals surface area contributed by atoms with E-state index in [0.29, 0.717) is 22.2 Å². The van der Waals surface area contributed by atoms with Crippen LogP contribution in [0.4, 0.5) is 0 Å². The van der Waals surface area contributed by atoms with Gasteiger partial charge in [-0.05, 0) is 12.5 Å². The maximum atomic E-state index is 12.6. The molecule has 0 fully saturated rings. The summed E-state index contributed by atoms with van der Waals surface area (Å²) < 4.78 is 3.79. The molecule has 0 amide bonds. The molecule has 0 aliphatic carbocycles. The topological polar surface area (TPSA) is 89.1 Å². The molecule has 3 rings (SSSR count). The minimum atomic E-state index is -1.27. The van der Waals surface area contributed by atoms with E-state index >= 15 is 0 Å². The van der Waals surface area contributed by atoms with Crippen LogP contribution in [0.15, 0.2) is 40.1 Å². The maximum absolute atomic E-state index is 12.6. The van der Waals surface area contributed by atoms with Gasteiger partial charge in [0, 0.05) is 20.3 Å². The monoisotopic (exact) mass is 326 g/mol. The standard InChI is InChI=1S/C17H17N3O4/c1-10-4-6-11(7-5-10)15-14-12(8-20(15)9-13(21)22)18(2)17(24)19(3)16(14)23/h4-8H,9H2,1-3H3,(H,21,22)/p-1. The van der Waals surface area contributed by atoms with Crippen LogP contribution >= 0.6 is 0 Å². The molecule has 0 aliphatic heterocycles. The Morgan fingerprint density at radius 3 is 2.29 bits per heavy atom. The second-order valence-electron chi connectivity index (χ2n) is 5.81. The SMILES string of the molecule is Cc1ccc(-c2c3c(=O)n(C)c(=O)n(C)c3cn2CC(=O)[O-])cc1. The highest BCUT2D eigenvalue weighted by molar-refractivity contribution is 5.94. The predicted octanol–water partition coefficient (Wildman–Crippen LogP) is -0.236. The molecule has 0 saturated heterocycles. The number of aryl methyl sites for hydroxylation is 2. The van der Waals surface area contributed by atoms with E-state index in [1.54, 1.807) is 7.05 Å². The van der Waals surface area contributed by atoms with Crippen molar-refractivity contribution in [3.8, 4) is 11.3 Å². The molecule has 0 bridgehead atoms. The van der Waals surface area contributed by atoms with Gasteiger partial charge in [-0.3, -0.25) is 13.9 Å². The molecule has 7 heteroatoms. The number of fused-ring (bicyclic) bond motifs is 1. The Balaban J connectivity index is 2.48. The van der Waals surface area contributed by atoms with Crippen molar-refractivity contribution in [3.63, 3.8) is 0 Å². The predicted molar refractivity (Wildman–Crippen MR) is 87.6 cm³/mol. The zero-order chi connectivity index (χ0) is 17.6. The number of carboxylic acid groups (broad SMARTS) is 1. The van der Waals surface area contributed by atoms with Gasteiger partial charge in [0.25, 0.3) is 5.56 Å². The van der Waals surface area contributed by atoms with Crippen LogP contribution in [0.25, 0.3) is 22.2 Å². The van der Waals surface area contributed by atoms with Crippen molar-refractivity contribution in [1.82, 2.24) is 13.7 Å². The number of benzene rings is 1. The summed E-state index contributed by atoms with van der Waals surface area (Å²) in [6.07, 6.45) is 1.50. The molecule has 0 unspecified atom stereocenters. The fourth-order valence-corrected chi connectivity index (χ4v) is 2.87. The number of hydrogen-bond donors (Lipinski definition) is 0. The first-order chi connectivity index (χ1) is 11.3. The molecule has 124 valence electrons. The van der Waals surface area contributed by atoms with E-state index in [4.69, 9.17) is 0 Å². The van der Waals surface area contributed by atoms with Crippen LogP contribution in [-0.4, -0.2) is 19.7 Å². The number of carboxylic acids is 1. The first-order valence-electron chi connectivity index (χ1n) is 7.37. The van der Waals surface area contributed by atoms with Gasteiger partial charge in [-0.25, -0.2) is 4.79 Å². The van der Waals surface area contributed by atoms with Crippen molar-refractivity contribution in [2.45, 2.75) is 13.5 Å². The molecule has 0 atom stereocenters. The van der Waals surface area contributed by atoms with E-state index in [0.717, 1.165) is 10.1 Å². The second kappa shape index (κ2) is 5.52. The van der Waals surface area contributed by atoms with Crippen LogP contribution in [-0.2, 0) is 25.4 Å². The summed E-state index contributed by atoms with van der Waals surface area (Å²) >= 11 is 0. The highest BCUT2D eigenvalue weighted by atomic mass is 16.4. The van der Waals surface area contributed by atoms with E-state index in [2.05, 4.69) is 0 Å². The third-order valence-electron chi connectivity index (χ3n) is 4.14. The largest absolute Gasteiger partial charge is 0.548 e. The molecule has 7 nitrogen and oxygen atoms in total. The fourth-order valence-electron chi connectivity index (χ4n) is 2.87. The summed E-state index contributed by atoms with van der Waals surface area (Å²) in [7, 11) is 2.95. The Bertz CT molecular complexity index is 1070. The number of rotatable bonds is 3. The number of carbonyl (C=O) groups excluding carboxylic acids is 1. The molecule has 2 aromatic heterocycles. The minimum Gasteiger partial charge on any atom is -0.548 e. The van der Waals surface area contributed by atoms with E-state index in [1.165, 1.54) is 22.4 Å². The highest BCUT2D eigenvalue weighted by Crippen LogP contribution is 2.28. The molecule has 0 spiro atoms. The first kappa shape index (κ1) is 15.8. The first-order valence-corrected chi connectivity index (χ1v) is 7.37. The second-order valence-corrected chi connectivity index (χ2v) is 5.81. The van der Waals surface area contributed by atoms with E-state index < -0.39 is 23.8 Å². The maximum Gasteiger partial charge on any atom is 0.330 e. The van der Waals surface area contributed by atoms with Crippen molar-refractivity contribution in [3.05, 3.63) is 56.9 Å².